The molecule has 1 heteroatoms. The van der Waals surface area contributed by atoms with E-state index < -0.39 is 0 Å². The number of hydrogen-bond acceptors (Lipinski definition) is 1. The molecule has 3 rings (SSSR count). The smallest absolute Gasteiger partial charge is 0.135 e. The molecule has 0 spiro atoms. The fourth-order valence-electron chi connectivity index (χ4n) is 6.21. The van der Waals surface area contributed by atoms with E-state index >= 15 is 0 Å². The van der Waals surface area contributed by atoms with Gasteiger partial charge in [-0.05, 0) is 74.5 Å². The third-order valence-corrected chi connectivity index (χ3v) is 7.91. The Morgan fingerprint density at radius 3 is 2.59 bits per heavy atom. The van der Waals surface area contributed by atoms with Gasteiger partial charge in [0.05, 0.1) is 0 Å². The second kappa shape index (κ2) is 5.49. The maximum atomic E-state index is 12.4. The van der Waals surface area contributed by atoms with Gasteiger partial charge >= 0.3 is 0 Å². The predicted octanol–water partition coefficient (Wildman–Crippen LogP) is 5.79. The highest BCUT2D eigenvalue weighted by Crippen LogP contribution is 2.63. The van der Waals surface area contributed by atoms with E-state index in [2.05, 4.69) is 33.8 Å². The second-order valence-electron chi connectivity index (χ2n) is 9.24. The van der Waals surface area contributed by atoms with Gasteiger partial charge in [0.1, 0.15) is 5.78 Å². The molecule has 124 valence electrons. The van der Waals surface area contributed by atoms with Crippen LogP contribution < -0.4 is 0 Å². The molecule has 0 aromatic heterocycles. The van der Waals surface area contributed by atoms with Gasteiger partial charge in [0.2, 0.25) is 0 Å². The van der Waals surface area contributed by atoms with Crippen molar-refractivity contribution in [2.24, 2.45) is 34.5 Å². The topological polar surface area (TPSA) is 17.1 Å². The van der Waals surface area contributed by atoms with Crippen molar-refractivity contribution in [3.63, 3.8) is 0 Å². The number of carbonyl (C=O) groups excluding carboxylic acids is 1. The van der Waals surface area contributed by atoms with Crippen molar-refractivity contribution in [2.45, 2.75) is 79.6 Å². The molecule has 0 aromatic rings. The minimum absolute atomic E-state index is 0.0794. The van der Waals surface area contributed by atoms with E-state index in [-0.39, 0.29) is 5.41 Å². The first-order valence-corrected chi connectivity index (χ1v) is 9.49. The number of allylic oxidation sites excluding steroid dienone is 2. The highest BCUT2D eigenvalue weighted by Gasteiger charge is 2.56. The average Bonchev–Trinajstić information content (AvgIpc) is 2.46. The Balaban J connectivity index is 1.92. The van der Waals surface area contributed by atoms with E-state index in [4.69, 9.17) is 0 Å². The lowest BCUT2D eigenvalue weighted by atomic mass is 9.45. The van der Waals surface area contributed by atoms with E-state index in [1.54, 1.807) is 5.57 Å². The predicted molar refractivity (Wildman–Crippen MR) is 92.6 cm³/mol. The fraction of sp³-hybridized carbons (Fsp3) is 0.857. The van der Waals surface area contributed by atoms with E-state index in [1.807, 2.05) is 6.92 Å². The SMILES string of the molecule is CC(=O)C1(C)CCCC2(C)C3CCC(C(C)C)CC3=CCC12. The molecular formula is C21H34O. The molecule has 1 nitrogen and oxygen atoms in total. The molecule has 3 aliphatic carbocycles. The summed E-state index contributed by atoms with van der Waals surface area (Å²) in [6.45, 7) is 11.4. The van der Waals surface area contributed by atoms with Crippen LogP contribution in [0.4, 0.5) is 0 Å². The van der Waals surface area contributed by atoms with E-state index in [0.717, 1.165) is 30.6 Å². The largest absolute Gasteiger partial charge is 0.299 e. The number of carbonyl (C=O) groups is 1. The summed E-state index contributed by atoms with van der Waals surface area (Å²) in [5.41, 5.74) is 2.03. The molecule has 0 bridgehead atoms. The maximum Gasteiger partial charge on any atom is 0.135 e. The van der Waals surface area contributed by atoms with Crippen molar-refractivity contribution < 1.29 is 4.79 Å². The minimum Gasteiger partial charge on any atom is -0.299 e. The average molecular weight is 303 g/mol. The summed E-state index contributed by atoms with van der Waals surface area (Å²) in [5.74, 6) is 3.43. The lowest BCUT2D eigenvalue weighted by molar-refractivity contribution is -0.140. The van der Waals surface area contributed by atoms with E-state index in [9.17, 15) is 4.79 Å². The van der Waals surface area contributed by atoms with Gasteiger partial charge in [0.25, 0.3) is 0 Å². The molecule has 2 fully saturated rings. The Bertz CT molecular complexity index is 488. The van der Waals surface area contributed by atoms with Gasteiger partial charge in [-0.1, -0.05) is 45.8 Å². The Labute approximate surface area is 136 Å². The number of rotatable bonds is 2. The monoisotopic (exact) mass is 302 g/mol. The molecule has 0 amide bonds. The normalized spacial score (nSPS) is 45.0. The molecule has 0 N–H and O–H groups in total. The first-order chi connectivity index (χ1) is 10.3. The van der Waals surface area contributed by atoms with Gasteiger partial charge in [0, 0.05) is 5.41 Å². The zero-order chi connectivity index (χ0) is 16.1. The molecule has 2 saturated carbocycles. The lowest BCUT2D eigenvalue weighted by Crippen LogP contribution is -2.53. The van der Waals surface area contributed by atoms with Crippen LogP contribution in [0.15, 0.2) is 11.6 Å². The highest BCUT2D eigenvalue weighted by molar-refractivity contribution is 5.82. The zero-order valence-electron chi connectivity index (χ0n) is 15.2. The summed E-state index contributed by atoms with van der Waals surface area (Å²) >= 11 is 0. The summed E-state index contributed by atoms with van der Waals surface area (Å²) in [5, 5.41) is 0. The van der Waals surface area contributed by atoms with Gasteiger partial charge < -0.3 is 0 Å². The fourth-order valence-corrected chi connectivity index (χ4v) is 6.21. The third-order valence-electron chi connectivity index (χ3n) is 7.91. The zero-order valence-corrected chi connectivity index (χ0v) is 15.2. The van der Waals surface area contributed by atoms with Gasteiger partial charge in [-0.3, -0.25) is 4.79 Å². The van der Waals surface area contributed by atoms with Gasteiger partial charge in [-0.25, -0.2) is 0 Å². The minimum atomic E-state index is -0.0794. The molecule has 5 atom stereocenters. The van der Waals surface area contributed by atoms with Crippen molar-refractivity contribution in [3.05, 3.63) is 11.6 Å². The van der Waals surface area contributed by atoms with Crippen molar-refractivity contribution in [1.29, 1.82) is 0 Å². The summed E-state index contributed by atoms with van der Waals surface area (Å²) in [7, 11) is 0. The Morgan fingerprint density at radius 1 is 1.23 bits per heavy atom. The first kappa shape index (κ1) is 16.3. The molecule has 0 heterocycles. The third kappa shape index (κ3) is 2.31. The summed E-state index contributed by atoms with van der Waals surface area (Å²) in [4.78, 5) is 12.4. The first-order valence-electron chi connectivity index (χ1n) is 9.49. The van der Waals surface area contributed by atoms with Crippen LogP contribution in [0.2, 0.25) is 0 Å². The van der Waals surface area contributed by atoms with Gasteiger partial charge in [-0.15, -0.1) is 0 Å². The molecule has 5 unspecified atom stereocenters. The summed E-state index contributed by atoms with van der Waals surface area (Å²) < 4.78 is 0. The molecule has 3 aliphatic rings. The molecule has 0 radical (unpaired) electrons. The molecule has 0 saturated heterocycles. The number of Topliss-reactive ketones (excluding diaryl/α,β-unsaturated/α-hetero) is 1. The number of hydrogen-bond donors (Lipinski definition) is 0. The molecule has 0 aliphatic heterocycles. The van der Waals surface area contributed by atoms with Crippen LogP contribution in [0.1, 0.15) is 79.6 Å². The van der Waals surface area contributed by atoms with Crippen LogP contribution in [-0.4, -0.2) is 5.78 Å². The maximum absolute atomic E-state index is 12.4. The Hall–Kier alpha value is -0.590. The van der Waals surface area contributed by atoms with Crippen LogP contribution in [0, 0.1) is 34.5 Å². The van der Waals surface area contributed by atoms with Crippen molar-refractivity contribution in [2.75, 3.05) is 0 Å². The molecule has 22 heavy (non-hydrogen) atoms. The molecular weight excluding hydrogens is 268 g/mol. The van der Waals surface area contributed by atoms with E-state index in [1.165, 1.54) is 32.1 Å². The van der Waals surface area contributed by atoms with E-state index in [0.29, 0.717) is 17.1 Å². The summed E-state index contributed by atoms with van der Waals surface area (Å²) in [6, 6.07) is 0. The van der Waals surface area contributed by atoms with Crippen LogP contribution in [0.25, 0.3) is 0 Å². The standard InChI is InChI=1S/C21H34O/c1-14(2)16-7-9-18-17(13-16)8-10-19-20(4,15(3)22)11-6-12-21(18,19)5/h8,14,16,18-19H,6-7,9-13H2,1-5H3. The second-order valence-corrected chi connectivity index (χ2v) is 9.24. The number of fused-ring (bicyclic) bond motifs is 3. The van der Waals surface area contributed by atoms with Crippen LogP contribution in [-0.2, 0) is 4.79 Å². The van der Waals surface area contributed by atoms with Crippen molar-refractivity contribution >= 4 is 5.78 Å². The van der Waals surface area contributed by atoms with Crippen LogP contribution in [0.3, 0.4) is 0 Å². The van der Waals surface area contributed by atoms with Crippen LogP contribution in [0.5, 0.6) is 0 Å². The van der Waals surface area contributed by atoms with Crippen molar-refractivity contribution in [1.82, 2.24) is 0 Å². The van der Waals surface area contributed by atoms with Crippen molar-refractivity contribution in [3.8, 4) is 0 Å². The molecule has 0 aromatic carbocycles. The Morgan fingerprint density at radius 2 is 1.95 bits per heavy atom. The van der Waals surface area contributed by atoms with Gasteiger partial charge in [0.15, 0.2) is 0 Å². The summed E-state index contributed by atoms with van der Waals surface area (Å²) in [6.07, 6.45) is 11.4. The van der Waals surface area contributed by atoms with Gasteiger partial charge in [-0.2, -0.15) is 0 Å². The quantitative estimate of drug-likeness (QED) is 0.590. The Kier molecular flexibility index (Phi) is 4.06. The highest BCUT2D eigenvalue weighted by atomic mass is 16.1. The lowest BCUT2D eigenvalue weighted by Gasteiger charge is -2.58. The number of ketones is 1. The van der Waals surface area contributed by atoms with Crippen LogP contribution >= 0.6 is 0 Å².